The van der Waals surface area contributed by atoms with Gasteiger partial charge in [0.05, 0.1) is 0 Å². The molecule has 0 unspecified atom stereocenters. The van der Waals surface area contributed by atoms with Crippen molar-refractivity contribution in [1.29, 1.82) is 0 Å². The van der Waals surface area contributed by atoms with Crippen molar-refractivity contribution in [2.75, 3.05) is 31.1 Å². The van der Waals surface area contributed by atoms with Gasteiger partial charge in [-0.3, -0.25) is 4.79 Å². The van der Waals surface area contributed by atoms with Crippen molar-refractivity contribution in [3.8, 4) is 11.4 Å². The van der Waals surface area contributed by atoms with Gasteiger partial charge in [-0.1, -0.05) is 74.5 Å². The highest BCUT2D eigenvalue weighted by molar-refractivity contribution is 6.30. The third kappa shape index (κ3) is 6.85. The highest BCUT2D eigenvalue weighted by atomic mass is 35.5. The molecule has 6 heteroatoms. The Labute approximate surface area is 220 Å². The van der Waals surface area contributed by atoms with E-state index in [4.69, 9.17) is 21.6 Å². The average Bonchev–Trinajstić information content (AvgIpc) is 2.90. The lowest BCUT2D eigenvalue weighted by atomic mass is 10.0. The molecule has 2 heterocycles. The minimum Gasteiger partial charge on any atom is -0.353 e. The minimum absolute atomic E-state index is 0.288. The Morgan fingerprint density at radius 2 is 1.58 bits per heavy atom. The number of unbranched alkanes of at least 4 members (excludes halogenated alkanes) is 4. The molecule has 1 fully saturated rings. The number of amides is 1. The van der Waals surface area contributed by atoms with Gasteiger partial charge in [-0.2, -0.15) is 0 Å². The van der Waals surface area contributed by atoms with Gasteiger partial charge in [-0.25, -0.2) is 9.97 Å². The van der Waals surface area contributed by atoms with Crippen LogP contribution in [0.3, 0.4) is 0 Å². The van der Waals surface area contributed by atoms with Crippen LogP contribution in [0.25, 0.3) is 11.4 Å². The first kappa shape index (κ1) is 26.2. The molecule has 0 bridgehead atoms. The van der Waals surface area contributed by atoms with Crippen molar-refractivity contribution in [1.82, 2.24) is 14.9 Å². The number of piperazine rings is 1. The number of rotatable bonds is 10. The van der Waals surface area contributed by atoms with Gasteiger partial charge in [0.25, 0.3) is 0 Å². The van der Waals surface area contributed by atoms with Gasteiger partial charge in [0, 0.05) is 60.9 Å². The number of aryl methyl sites for hydroxylation is 1. The highest BCUT2D eigenvalue weighted by Crippen LogP contribution is 2.29. The van der Waals surface area contributed by atoms with Gasteiger partial charge in [-0.05, 0) is 43.2 Å². The van der Waals surface area contributed by atoms with E-state index in [0.717, 1.165) is 68.1 Å². The SMILES string of the molecule is CCCCCCCC(=O)N1CCN(c2nc(-c3ccc(Cl)cc3)nc(C)c2Cc2ccccc2)CC1. The van der Waals surface area contributed by atoms with Crippen LogP contribution < -0.4 is 4.90 Å². The first-order valence-corrected chi connectivity index (χ1v) is 13.6. The summed E-state index contributed by atoms with van der Waals surface area (Å²) >= 11 is 6.11. The summed E-state index contributed by atoms with van der Waals surface area (Å²) in [5.41, 5.74) is 4.32. The third-order valence-electron chi connectivity index (χ3n) is 6.94. The Morgan fingerprint density at radius 3 is 2.28 bits per heavy atom. The van der Waals surface area contributed by atoms with Gasteiger partial charge in [0.15, 0.2) is 5.82 Å². The van der Waals surface area contributed by atoms with Crippen LogP contribution in [0.2, 0.25) is 5.02 Å². The summed E-state index contributed by atoms with van der Waals surface area (Å²) in [7, 11) is 0. The number of aromatic nitrogens is 2. The quantitative estimate of drug-likeness (QED) is 0.288. The maximum absolute atomic E-state index is 12.8. The summed E-state index contributed by atoms with van der Waals surface area (Å²) < 4.78 is 0. The molecule has 1 aliphatic heterocycles. The molecule has 1 saturated heterocycles. The van der Waals surface area contributed by atoms with Crippen molar-refractivity contribution in [3.63, 3.8) is 0 Å². The van der Waals surface area contributed by atoms with Crippen LogP contribution in [0, 0.1) is 6.92 Å². The second-order valence-corrected chi connectivity index (χ2v) is 10.1. The van der Waals surface area contributed by atoms with E-state index in [1.165, 1.54) is 24.8 Å². The van der Waals surface area contributed by atoms with Gasteiger partial charge < -0.3 is 9.80 Å². The van der Waals surface area contributed by atoms with E-state index >= 15 is 0 Å². The lowest BCUT2D eigenvalue weighted by molar-refractivity contribution is -0.131. The predicted octanol–water partition coefficient (Wildman–Crippen LogP) is 6.71. The Balaban J connectivity index is 1.52. The summed E-state index contributed by atoms with van der Waals surface area (Å²) in [6, 6.07) is 18.2. The summed E-state index contributed by atoms with van der Waals surface area (Å²) in [6.45, 7) is 7.31. The maximum Gasteiger partial charge on any atom is 0.222 e. The molecule has 0 saturated carbocycles. The van der Waals surface area contributed by atoms with Crippen LogP contribution in [0.5, 0.6) is 0 Å². The van der Waals surface area contributed by atoms with Crippen LogP contribution in [-0.4, -0.2) is 47.0 Å². The smallest absolute Gasteiger partial charge is 0.222 e. The highest BCUT2D eigenvalue weighted by Gasteiger charge is 2.25. The van der Waals surface area contributed by atoms with Crippen LogP contribution in [-0.2, 0) is 11.2 Å². The third-order valence-corrected chi connectivity index (χ3v) is 7.20. The minimum atomic E-state index is 0.288. The molecule has 3 aromatic rings. The fraction of sp³-hybridized carbons (Fsp3) is 0.433. The zero-order valence-electron chi connectivity index (χ0n) is 21.5. The van der Waals surface area contributed by atoms with E-state index < -0.39 is 0 Å². The number of benzene rings is 2. The van der Waals surface area contributed by atoms with E-state index in [1.807, 2.05) is 35.2 Å². The number of hydrogen-bond donors (Lipinski definition) is 0. The van der Waals surface area contributed by atoms with Gasteiger partial charge in [-0.15, -0.1) is 0 Å². The zero-order chi connectivity index (χ0) is 25.3. The van der Waals surface area contributed by atoms with Crippen LogP contribution in [0.15, 0.2) is 54.6 Å². The molecule has 5 nitrogen and oxygen atoms in total. The van der Waals surface area contributed by atoms with Crippen molar-refractivity contribution < 1.29 is 4.79 Å². The Kier molecular flexibility index (Phi) is 9.35. The van der Waals surface area contributed by atoms with Gasteiger partial charge in [0.2, 0.25) is 5.91 Å². The average molecular weight is 505 g/mol. The number of nitrogens with zero attached hydrogens (tertiary/aromatic N) is 4. The van der Waals surface area contributed by atoms with Gasteiger partial charge >= 0.3 is 0 Å². The van der Waals surface area contributed by atoms with E-state index in [-0.39, 0.29) is 5.91 Å². The van der Waals surface area contributed by atoms with Crippen molar-refractivity contribution in [2.24, 2.45) is 0 Å². The zero-order valence-corrected chi connectivity index (χ0v) is 22.3. The van der Waals surface area contributed by atoms with E-state index in [0.29, 0.717) is 17.3 Å². The summed E-state index contributed by atoms with van der Waals surface area (Å²) in [4.78, 5) is 27.1. The molecular formula is C30H37ClN4O. The van der Waals surface area contributed by atoms with E-state index in [2.05, 4.69) is 43.0 Å². The fourth-order valence-corrected chi connectivity index (χ4v) is 4.91. The number of halogens is 1. The summed E-state index contributed by atoms with van der Waals surface area (Å²) in [5.74, 6) is 1.97. The Hall–Kier alpha value is -2.92. The first-order chi connectivity index (χ1) is 17.5. The molecule has 0 radical (unpaired) electrons. The van der Waals surface area contributed by atoms with Crippen LogP contribution in [0.1, 0.15) is 62.3 Å². The van der Waals surface area contributed by atoms with Crippen molar-refractivity contribution >= 4 is 23.3 Å². The molecule has 0 N–H and O–H groups in total. The lowest BCUT2D eigenvalue weighted by Crippen LogP contribution is -2.49. The maximum atomic E-state index is 12.8. The first-order valence-electron chi connectivity index (χ1n) is 13.2. The lowest BCUT2D eigenvalue weighted by Gasteiger charge is -2.36. The van der Waals surface area contributed by atoms with Crippen molar-refractivity contribution in [3.05, 3.63) is 76.4 Å². The Bertz CT molecular complexity index is 1130. The molecule has 4 rings (SSSR count). The number of carbonyl (C=O) groups excluding carboxylic acids is 1. The monoisotopic (exact) mass is 504 g/mol. The van der Waals surface area contributed by atoms with Crippen LogP contribution in [0.4, 0.5) is 5.82 Å². The second-order valence-electron chi connectivity index (χ2n) is 9.64. The van der Waals surface area contributed by atoms with Crippen molar-refractivity contribution in [2.45, 2.75) is 58.8 Å². The molecule has 0 atom stereocenters. The normalized spacial score (nSPS) is 13.8. The summed E-state index contributed by atoms with van der Waals surface area (Å²) in [5, 5.41) is 0.697. The molecule has 190 valence electrons. The Morgan fingerprint density at radius 1 is 0.889 bits per heavy atom. The predicted molar refractivity (Wildman–Crippen MR) is 149 cm³/mol. The number of hydrogen-bond acceptors (Lipinski definition) is 4. The molecule has 36 heavy (non-hydrogen) atoms. The standard InChI is InChI=1S/C30H37ClN4O/c1-3-4-5-6-10-13-28(36)34-18-20-35(21-19-34)30-27(22-24-11-8-7-9-12-24)23(2)32-29(33-30)25-14-16-26(31)17-15-25/h7-9,11-12,14-17H,3-6,10,13,18-22H2,1-2H3. The number of carbonyl (C=O) groups is 1. The molecule has 2 aromatic carbocycles. The molecule has 0 aliphatic carbocycles. The topological polar surface area (TPSA) is 49.3 Å². The molecule has 1 amide bonds. The number of anilines is 1. The fourth-order valence-electron chi connectivity index (χ4n) is 4.78. The molecule has 0 spiro atoms. The van der Waals surface area contributed by atoms with Gasteiger partial charge in [0.1, 0.15) is 5.82 Å². The summed E-state index contributed by atoms with van der Waals surface area (Å²) in [6.07, 6.45) is 7.30. The molecule has 1 aromatic heterocycles. The van der Waals surface area contributed by atoms with E-state index in [1.54, 1.807) is 0 Å². The molecule has 1 aliphatic rings. The van der Waals surface area contributed by atoms with Crippen LogP contribution >= 0.6 is 11.6 Å². The largest absolute Gasteiger partial charge is 0.353 e. The molecular weight excluding hydrogens is 468 g/mol. The van der Waals surface area contributed by atoms with E-state index in [9.17, 15) is 4.79 Å². The second kappa shape index (κ2) is 12.9.